The molecule has 0 spiro atoms. The third-order valence-electron chi connectivity index (χ3n) is 4.41. The maximum absolute atomic E-state index is 12.3. The van der Waals surface area contributed by atoms with Gasteiger partial charge in [0.15, 0.2) is 5.65 Å². The van der Waals surface area contributed by atoms with Crippen molar-refractivity contribution in [2.24, 2.45) is 0 Å². The molecule has 2 aromatic carbocycles. The van der Waals surface area contributed by atoms with Crippen LogP contribution in [0, 0.1) is 0 Å². The summed E-state index contributed by atoms with van der Waals surface area (Å²) in [7, 11) is 0. The van der Waals surface area contributed by atoms with Gasteiger partial charge >= 0.3 is 12.0 Å². The average molecular weight is 436 g/mol. The molecule has 4 aromatic rings. The molecule has 0 aliphatic heterocycles. The normalized spacial score (nSPS) is 10.6. The van der Waals surface area contributed by atoms with Crippen LogP contribution in [0.3, 0.4) is 0 Å². The van der Waals surface area contributed by atoms with E-state index in [0.717, 1.165) is 5.56 Å². The van der Waals surface area contributed by atoms with Crippen molar-refractivity contribution in [1.82, 2.24) is 14.6 Å². The minimum atomic E-state index is -0.476. The van der Waals surface area contributed by atoms with Crippen LogP contribution < -0.4 is 10.6 Å². The van der Waals surface area contributed by atoms with Crippen LogP contribution in [0.15, 0.2) is 67.0 Å². The first-order valence-electron chi connectivity index (χ1n) is 9.49. The quantitative estimate of drug-likeness (QED) is 0.436. The second-order valence-electron chi connectivity index (χ2n) is 6.51. The number of anilines is 2. The number of ether oxygens (including phenoxy) is 1. The van der Waals surface area contributed by atoms with Gasteiger partial charge < -0.3 is 15.4 Å². The molecular weight excluding hydrogens is 418 g/mol. The third-order valence-corrected chi connectivity index (χ3v) is 4.67. The molecule has 0 bridgehead atoms. The third kappa shape index (κ3) is 4.49. The summed E-state index contributed by atoms with van der Waals surface area (Å²) < 4.78 is 6.63. The van der Waals surface area contributed by atoms with Gasteiger partial charge in [-0.05, 0) is 49.4 Å². The van der Waals surface area contributed by atoms with Gasteiger partial charge in [-0.15, -0.1) is 0 Å². The molecule has 8 nitrogen and oxygen atoms in total. The van der Waals surface area contributed by atoms with Crippen LogP contribution in [0.1, 0.15) is 17.3 Å². The minimum Gasteiger partial charge on any atom is -0.462 e. The summed E-state index contributed by atoms with van der Waals surface area (Å²) in [6.45, 7) is 2.01. The number of fused-ring (bicyclic) bond motifs is 1. The van der Waals surface area contributed by atoms with Crippen molar-refractivity contribution in [3.63, 3.8) is 0 Å². The zero-order valence-electron chi connectivity index (χ0n) is 16.5. The van der Waals surface area contributed by atoms with E-state index in [9.17, 15) is 9.59 Å². The summed E-state index contributed by atoms with van der Waals surface area (Å²) in [4.78, 5) is 28.7. The zero-order chi connectivity index (χ0) is 21.8. The van der Waals surface area contributed by atoms with E-state index in [1.807, 2.05) is 18.2 Å². The van der Waals surface area contributed by atoms with Crippen LogP contribution in [0.4, 0.5) is 16.2 Å². The fourth-order valence-corrected chi connectivity index (χ4v) is 3.17. The van der Waals surface area contributed by atoms with E-state index in [4.69, 9.17) is 16.3 Å². The van der Waals surface area contributed by atoms with Gasteiger partial charge in [0.2, 0.25) is 0 Å². The van der Waals surface area contributed by atoms with Gasteiger partial charge in [-0.1, -0.05) is 23.7 Å². The minimum absolute atomic E-state index is 0.266. The molecule has 0 saturated heterocycles. The van der Waals surface area contributed by atoms with Crippen LogP contribution in [-0.2, 0) is 4.74 Å². The average Bonchev–Trinajstić information content (AvgIpc) is 3.20. The Morgan fingerprint density at radius 1 is 1.06 bits per heavy atom. The number of aromatic nitrogens is 3. The van der Waals surface area contributed by atoms with Gasteiger partial charge in [0.25, 0.3) is 0 Å². The fraction of sp³-hybridized carbons (Fsp3) is 0.0909. The van der Waals surface area contributed by atoms with Gasteiger partial charge in [-0.2, -0.15) is 5.10 Å². The molecule has 0 unspecified atom stereocenters. The van der Waals surface area contributed by atoms with Gasteiger partial charge in [0.05, 0.1) is 18.5 Å². The van der Waals surface area contributed by atoms with E-state index in [2.05, 4.69) is 20.7 Å². The summed E-state index contributed by atoms with van der Waals surface area (Å²) in [6, 6.07) is 15.5. The van der Waals surface area contributed by atoms with Crippen LogP contribution in [0.5, 0.6) is 0 Å². The summed E-state index contributed by atoms with van der Waals surface area (Å²) in [5, 5.41) is 10.4. The molecule has 0 saturated carbocycles. The van der Waals surface area contributed by atoms with Crippen molar-refractivity contribution in [3.05, 3.63) is 77.6 Å². The highest BCUT2D eigenvalue weighted by molar-refractivity contribution is 6.30. The van der Waals surface area contributed by atoms with Crippen molar-refractivity contribution in [3.8, 4) is 11.3 Å². The highest BCUT2D eigenvalue weighted by Gasteiger charge is 2.17. The van der Waals surface area contributed by atoms with Gasteiger partial charge in [0, 0.05) is 28.2 Å². The van der Waals surface area contributed by atoms with E-state index in [-0.39, 0.29) is 12.6 Å². The molecule has 0 aliphatic rings. The Kier molecular flexibility index (Phi) is 5.81. The van der Waals surface area contributed by atoms with Crippen LogP contribution in [0.25, 0.3) is 16.9 Å². The van der Waals surface area contributed by atoms with Crippen molar-refractivity contribution in [2.45, 2.75) is 6.92 Å². The van der Waals surface area contributed by atoms with Crippen molar-refractivity contribution in [1.29, 1.82) is 0 Å². The second kappa shape index (κ2) is 8.85. The summed E-state index contributed by atoms with van der Waals surface area (Å²) in [5.74, 6) is -0.476. The molecule has 31 heavy (non-hydrogen) atoms. The second-order valence-corrected chi connectivity index (χ2v) is 6.95. The Balaban J connectivity index is 1.58. The highest BCUT2D eigenvalue weighted by Crippen LogP contribution is 2.24. The van der Waals surface area contributed by atoms with Crippen molar-refractivity contribution in [2.75, 3.05) is 17.2 Å². The number of hydrogen-bond acceptors (Lipinski definition) is 5. The molecular formula is C22H18ClN5O3. The van der Waals surface area contributed by atoms with Gasteiger partial charge in [0.1, 0.15) is 5.56 Å². The molecule has 0 aliphatic carbocycles. The lowest BCUT2D eigenvalue weighted by atomic mass is 10.1. The monoisotopic (exact) mass is 435 g/mol. The van der Waals surface area contributed by atoms with Crippen LogP contribution in [-0.4, -0.2) is 33.2 Å². The molecule has 2 N–H and O–H groups in total. The van der Waals surface area contributed by atoms with Crippen LogP contribution in [0.2, 0.25) is 5.02 Å². The largest absolute Gasteiger partial charge is 0.462 e. The molecule has 2 aromatic heterocycles. The Hall–Kier alpha value is -3.91. The molecule has 0 atom stereocenters. The van der Waals surface area contributed by atoms with Crippen molar-refractivity contribution >= 4 is 40.6 Å². The number of urea groups is 1. The topological polar surface area (TPSA) is 97.6 Å². The first-order valence-corrected chi connectivity index (χ1v) is 9.87. The number of carbonyl (C=O) groups is 2. The highest BCUT2D eigenvalue weighted by atomic mass is 35.5. The van der Waals surface area contributed by atoms with E-state index in [1.165, 1.54) is 6.20 Å². The first-order chi connectivity index (χ1) is 15.0. The SMILES string of the molecule is CCOC(=O)c1cnn2c(-c3cccc(NC(=O)Nc4ccc(Cl)cc4)c3)ccnc12. The Morgan fingerprint density at radius 3 is 2.61 bits per heavy atom. The molecule has 156 valence electrons. The summed E-state index contributed by atoms with van der Waals surface area (Å²) >= 11 is 5.86. The maximum Gasteiger partial charge on any atom is 0.343 e. The lowest BCUT2D eigenvalue weighted by Crippen LogP contribution is -2.19. The summed E-state index contributed by atoms with van der Waals surface area (Å²) in [6.07, 6.45) is 3.04. The zero-order valence-corrected chi connectivity index (χ0v) is 17.3. The lowest BCUT2D eigenvalue weighted by molar-refractivity contribution is 0.0528. The van der Waals surface area contributed by atoms with E-state index < -0.39 is 5.97 Å². The van der Waals surface area contributed by atoms with E-state index in [1.54, 1.807) is 54.0 Å². The number of esters is 1. The molecule has 4 rings (SSSR count). The maximum atomic E-state index is 12.3. The number of hydrogen-bond donors (Lipinski definition) is 2. The molecule has 2 amide bonds. The number of rotatable bonds is 5. The smallest absolute Gasteiger partial charge is 0.343 e. The Bertz CT molecular complexity index is 1250. The lowest BCUT2D eigenvalue weighted by Gasteiger charge is -2.10. The molecule has 0 fully saturated rings. The molecule has 2 heterocycles. The van der Waals surface area contributed by atoms with Gasteiger partial charge in [-0.25, -0.2) is 19.1 Å². The van der Waals surface area contributed by atoms with Crippen molar-refractivity contribution < 1.29 is 14.3 Å². The Labute approximate surface area is 182 Å². The predicted octanol–water partition coefficient (Wildman–Crippen LogP) is 4.87. The number of nitrogens with zero attached hydrogens (tertiary/aromatic N) is 3. The summed E-state index contributed by atoms with van der Waals surface area (Å²) in [5.41, 5.74) is 3.40. The first kappa shape index (κ1) is 20.4. The van der Waals surface area contributed by atoms with E-state index in [0.29, 0.717) is 33.3 Å². The number of nitrogens with one attached hydrogen (secondary N) is 2. The predicted molar refractivity (Wildman–Crippen MR) is 118 cm³/mol. The molecule has 0 radical (unpaired) electrons. The van der Waals surface area contributed by atoms with Gasteiger partial charge in [-0.3, -0.25) is 0 Å². The number of carbonyl (C=O) groups excluding carboxylic acids is 2. The van der Waals surface area contributed by atoms with Crippen LogP contribution >= 0.6 is 11.6 Å². The fourth-order valence-electron chi connectivity index (χ4n) is 3.05. The standard InChI is InChI=1S/C22H18ClN5O3/c1-2-31-21(29)18-13-25-28-19(10-11-24-20(18)28)14-4-3-5-17(12-14)27-22(30)26-16-8-6-15(23)7-9-16/h3-13H,2H2,1H3,(H2,26,27,30). The molecule has 9 heteroatoms. The number of amides is 2. The van der Waals surface area contributed by atoms with E-state index >= 15 is 0 Å². The Morgan fingerprint density at radius 2 is 1.84 bits per heavy atom. The number of benzene rings is 2. The number of halogens is 1.